The van der Waals surface area contributed by atoms with Gasteiger partial charge in [-0.05, 0) is 68.3 Å². The molecule has 1 saturated carbocycles. The number of ketones is 1. The summed E-state index contributed by atoms with van der Waals surface area (Å²) < 4.78 is 101. The second kappa shape index (κ2) is 13.8. The number of nitrogens with one attached hydrogen (secondary N) is 1. The molecule has 2 amide bonds. The highest BCUT2D eigenvalue weighted by Crippen LogP contribution is 2.65. The van der Waals surface area contributed by atoms with E-state index in [-0.39, 0.29) is 27.4 Å². The maximum atomic E-state index is 15.6. The van der Waals surface area contributed by atoms with E-state index in [1.54, 1.807) is 0 Å². The first kappa shape index (κ1) is 37.3. The van der Waals surface area contributed by atoms with Gasteiger partial charge in [0.15, 0.2) is 11.6 Å². The van der Waals surface area contributed by atoms with Gasteiger partial charge in [0.05, 0.1) is 23.0 Å². The largest absolute Gasteiger partial charge is 0.443 e. The number of Topliss-reactive ketones (excluding diaryl/α,β-unsaturated/α-hetero) is 1. The van der Waals surface area contributed by atoms with E-state index >= 15 is 4.39 Å². The minimum Gasteiger partial charge on any atom is -0.443 e. The standard InChI is InChI=1S/C32H26Cl3F7N2O4/c1-30(2,3)48-29(47)44(11-10-36)27-22(38)9-5-16(26(27)39)13-23(45)18-14-17(6-7-20(18)33)43-28(46)25-24(31(25,34)35)15-4-8-21(37)19(12-15)32(40,41)42/h4-9,12,14,24-25H,10-11,13H2,1-3H3,(H,43,46)/t24-,25+/m0/s1. The number of amides is 2. The Hall–Kier alpha value is -3.55. The van der Waals surface area contributed by atoms with Gasteiger partial charge >= 0.3 is 12.3 Å². The molecule has 48 heavy (non-hydrogen) atoms. The van der Waals surface area contributed by atoms with Crippen LogP contribution in [0.5, 0.6) is 0 Å². The number of alkyl halides is 6. The summed E-state index contributed by atoms with van der Waals surface area (Å²) >= 11 is 18.7. The van der Waals surface area contributed by atoms with Gasteiger partial charge in [-0.3, -0.25) is 14.5 Å². The zero-order chi connectivity index (χ0) is 35.9. The van der Waals surface area contributed by atoms with Crippen LogP contribution in [-0.4, -0.2) is 40.9 Å². The van der Waals surface area contributed by atoms with Gasteiger partial charge in [-0.2, -0.15) is 13.2 Å². The quantitative estimate of drug-likeness (QED) is 0.135. The average Bonchev–Trinajstić information content (AvgIpc) is 3.55. The SMILES string of the molecule is CC(C)(C)OC(=O)N(CCF)c1c(F)ccc(CC(=O)c2cc(NC(=O)[C@H]3[C@H](c4ccc(F)c(C(F)(F)F)c4)C3(Cl)Cl)ccc2Cl)c1F. The highest BCUT2D eigenvalue weighted by Gasteiger charge is 2.67. The molecule has 0 radical (unpaired) electrons. The van der Waals surface area contributed by atoms with E-state index in [0.29, 0.717) is 17.0 Å². The second-order valence-corrected chi connectivity index (χ2v) is 13.7. The summed E-state index contributed by atoms with van der Waals surface area (Å²) in [6.07, 6.45) is -6.94. The van der Waals surface area contributed by atoms with Gasteiger partial charge in [0.25, 0.3) is 0 Å². The summed E-state index contributed by atoms with van der Waals surface area (Å²) in [4.78, 5) is 39.5. The molecule has 0 spiro atoms. The lowest BCUT2D eigenvalue weighted by Gasteiger charge is -2.27. The van der Waals surface area contributed by atoms with Crippen LogP contribution in [0.25, 0.3) is 0 Å². The number of ether oxygens (including phenoxy) is 1. The predicted octanol–water partition coefficient (Wildman–Crippen LogP) is 9.44. The fourth-order valence-electron chi connectivity index (χ4n) is 4.99. The number of hydrogen-bond donors (Lipinski definition) is 1. The zero-order valence-electron chi connectivity index (χ0n) is 25.3. The number of halogens is 10. The van der Waals surface area contributed by atoms with Crippen molar-refractivity contribution in [1.29, 1.82) is 0 Å². The summed E-state index contributed by atoms with van der Waals surface area (Å²) in [5.74, 6) is -8.10. The van der Waals surface area contributed by atoms with E-state index in [2.05, 4.69) is 5.32 Å². The molecule has 0 bridgehead atoms. The minimum absolute atomic E-state index is 0.0167. The van der Waals surface area contributed by atoms with Crippen LogP contribution in [-0.2, 0) is 22.1 Å². The highest BCUT2D eigenvalue weighted by atomic mass is 35.5. The second-order valence-electron chi connectivity index (χ2n) is 11.8. The molecule has 0 unspecified atom stereocenters. The van der Waals surface area contributed by atoms with Crippen LogP contribution in [0.1, 0.15) is 53.7 Å². The number of anilines is 2. The zero-order valence-corrected chi connectivity index (χ0v) is 27.5. The maximum absolute atomic E-state index is 15.6. The van der Waals surface area contributed by atoms with E-state index < -0.39 is 94.1 Å². The average molecular weight is 742 g/mol. The van der Waals surface area contributed by atoms with Gasteiger partial charge in [0.2, 0.25) is 5.91 Å². The highest BCUT2D eigenvalue weighted by molar-refractivity contribution is 6.53. The molecule has 1 fully saturated rings. The Balaban J connectivity index is 1.56. The molecule has 0 aliphatic heterocycles. The number of nitrogens with zero attached hydrogens (tertiary/aromatic N) is 1. The summed E-state index contributed by atoms with van der Waals surface area (Å²) in [7, 11) is 0. The Labute approximate surface area is 285 Å². The Morgan fingerprint density at radius 2 is 1.60 bits per heavy atom. The van der Waals surface area contributed by atoms with E-state index in [1.807, 2.05) is 0 Å². The molecular formula is C32H26Cl3F7N2O4. The normalized spacial score (nSPS) is 17.1. The van der Waals surface area contributed by atoms with Crippen LogP contribution in [0, 0.1) is 23.4 Å². The van der Waals surface area contributed by atoms with E-state index in [0.717, 1.165) is 24.3 Å². The third-order valence-electron chi connectivity index (χ3n) is 7.22. The topological polar surface area (TPSA) is 75.7 Å². The molecular weight excluding hydrogens is 716 g/mol. The lowest BCUT2D eigenvalue weighted by Crippen LogP contribution is -2.39. The third kappa shape index (κ3) is 8.01. The van der Waals surface area contributed by atoms with Crippen molar-refractivity contribution < 1.29 is 49.9 Å². The number of carbonyl (C=O) groups excluding carboxylic acids is 3. The van der Waals surface area contributed by atoms with Crippen molar-refractivity contribution in [3.8, 4) is 0 Å². The van der Waals surface area contributed by atoms with E-state index in [4.69, 9.17) is 39.5 Å². The van der Waals surface area contributed by atoms with Crippen LogP contribution in [0.4, 0.5) is 46.9 Å². The lowest BCUT2D eigenvalue weighted by molar-refractivity contribution is -0.140. The summed E-state index contributed by atoms with van der Waals surface area (Å²) in [5.41, 5.74) is -4.28. The summed E-state index contributed by atoms with van der Waals surface area (Å²) in [6, 6.07) is 7.58. The van der Waals surface area contributed by atoms with Crippen LogP contribution >= 0.6 is 34.8 Å². The molecule has 3 aromatic rings. The molecule has 3 aromatic carbocycles. The fraction of sp³-hybridized carbons (Fsp3) is 0.344. The number of carbonyl (C=O) groups is 3. The molecule has 2 atom stereocenters. The molecule has 0 aromatic heterocycles. The van der Waals surface area contributed by atoms with E-state index in [1.165, 1.54) is 32.9 Å². The van der Waals surface area contributed by atoms with Crippen LogP contribution in [0.3, 0.4) is 0 Å². The number of hydrogen-bond acceptors (Lipinski definition) is 4. The van der Waals surface area contributed by atoms with Crippen molar-refractivity contribution in [2.45, 2.75) is 49.2 Å². The number of rotatable bonds is 9. The van der Waals surface area contributed by atoms with Crippen LogP contribution < -0.4 is 10.2 Å². The molecule has 1 N–H and O–H groups in total. The van der Waals surface area contributed by atoms with Gasteiger partial charge in [-0.25, -0.2) is 22.4 Å². The Morgan fingerprint density at radius 1 is 0.958 bits per heavy atom. The predicted molar refractivity (Wildman–Crippen MR) is 166 cm³/mol. The van der Waals surface area contributed by atoms with E-state index in [9.17, 15) is 40.7 Å². The van der Waals surface area contributed by atoms with Crippen molar-refractivity contribution in [2.24, 2.45) is 5.92 Å². The third-order valence-corrected chi connectivity index (χ3v) is 8.49. The van der Waals surface area contributed by atoms with Gasteiger partial charge in [-0.15, -0.1) is 23.2 Å². The molecule has 6 nitrogen and oxygen atoms in total. The monoisotopic (exact) mass is 740 g/mol. The van der Waals surface area contributed by atoms with Crippen molar-refractivity contribution in [1.82, 2.24) is 0 Å². The molecule has 16 heteroatoms. The molecule has 4 rings (SSSR count). The van der Waals surface area contributed by atoms with Gasteiger partial charge in [0, 0.05) is 23.6 Å². The maximum Gasteiger partial charge on any atom is 0.419 e. The summed E-state index contributed by atoms with van der Waals surface area (Å²) in [5, 5.41) is 2.34. The Morgan fingerprint density at radius 3 is 2.21 bits per heavy atom. The first-order chi connectivity index (χ1) is 22.2. The van der Waals surface area contributed by atoms with Crippen molar-refractivity contribution in [3.05, 3.63) is 93.3 Å². The molecule has 0 heterocycles. The van der Waals surface area contributed by atoms with Gasteiger partial charge in [0.1, 0.15) is 33.9 Å². The first-order valence-corrected chi connectivity index (χ1v) is 15.2. The smallest absolute Gasteiger partial charge is 0.419 e. The number of benzene rings is 3. The Kier molecular flexibility index (Phi) is 10.7. The van der Waals surface area contributed by atoms with Gasteiger partial charge < -0.3 is 10.1 Å². The first-order valence-electron chi connectivity index (χ1n) is 14.1. The van der Waals surface area contributed by atoms with Crippen LogP contribution in [0.2, 0.25) is 5.02 Å². The molecule has 0 saturated heterocycles. The lowest BCUT2D eigenvalue weighted by atomic mass is 10.0. The molecule has 258 valence electrons. The van der Waals surface area contributed by atoms with Crippen molar-refractivity contribution >= 4 is 64.0 Å². The summed E-state index contributed by atoms with van der Waals surface area (Å²) in [6.45, 7) is 2.61. The fourth-order valence-corrected chi connectivity index (χ4v) is 6.04. The molecule has 1 aliphatic rings. The minimum atomic E-state index is -5.01. The van der Waals surface area contributed by atoms with Crippen molar-refractivity contribution in [2.75, 3.05) is 23.4 Å². The van der Waals surface area contributed by atoms with Crippen molar-refractivity contribution in [3.63, 3.8) is 0 Å². The van der Waals surface area contributed by atoms with Gasteiger partial charge in [-0.1, -0.05) is 23.7 Å². The Bertz CT molecular complexity index is 1760. The molecule has 1 aliphatic carbocycles. The van der Waals surface area contributed by atoms with Crippen LogP contribution in [0.15, 0.2) is 48.5 Å².